The van der Waals surface area contributed by atoms with Gasteiger partial charge in [0, 0.05) is 17.3 Å². The molecule has 2 heterocycles. The van der Waals surface area contributed by atoms with E-state index in [1.54, 1.807) is 13.3 Å². The Kier molecular flexibility index (Phi) is 7.02. The third-order valence-electron chi connectivity index (χ3n) is 5.90. The molecule has 178 valence electrons. The molecule has 0 bridgehead atoms. The Hall–Kier alpha value is -4.47. The summed E-state index contributed by atoms with van der Waals surface area (Å²) in [5, 5.41) is 2.18. The van der Waals surface area contributed by atoms with Crippen molar-refractivity contribution in [2.24, 2.45) is 5.73 Å². The predicted molar refractivity (Wildman–Crippen MR) is 142 cm³/mol. The molecule has 0 spiro atoms. The van der Waals surface area contributed by atoms with Crippen molar-refractivity contribution in [3.8, 4) is 23.5 Å². The molecule has 3 aromatic carbocycles. The van der Waals surface area contributed by atoms with Crippen LogP contribution in [0.3, 0.4) is 0 Å². The monoisotopic (exact) mass is 474 g/mol. The quantitative estimate of drug-likeness (QED) is 0.332. The van der Waals surface area contributed by atoms with E-state index >= 15 is 0 Å². The normalized spacial score (nSPS) is 10.7. The summed E-state index contributed by atoms with van der Waals surface area (Å²) in [6.45, 7) is 0.923. The molecule has 5 aromatic rings. The van der Waals surface area contributed by atoms with Gasteiger partial charge in [-0.05, 0) is 72.0 Å². The van der Waals surface area contributed by atoms with Crippen LogP contribution in [0.2, 0.25) is 0 Å². The minimum atomic E-state index is 0.258. The Bertz CT molecular complexity index is 1590. The molecule has 6 heteroatoms. The smallest absolute Gasteiger partial charge is 0.250 e. The van der Waals surface area contributed by atoms with Gasteiger partial charge in [0.2, 0.25) is 5.88 Å². The van der Waals surface area contributed by atoms with E-state index in [2.05, 4.69) is 46.1 Å². The number of ether oxygens (including phenoxy) is 2. The van der Waals surface area contributed by atoms with Gasteiger partial charge in [-0.25, -0.2) is 15.0 Å². The highest BCUT2D eigenvalue weighted by Crippen LogP contribution is 2.29. The van der Waals surface area contributed by atoms with Crippen LogP contribution in [0.1, 0.15) is 28.8 Å². The zero-order valence-electron chi connectivity index (χ0n) is 20.1. The van der Waals surface area contributed by atoms with E-state index in [-0.39, 0.29) is 6.61 Å². The van der Waals surface area contributed by atoms with Crippen molar-refractivity contribution in [1.82, 2.24) is 15.0 Å². The number of hydrogen-bond acceptors (Lipinski definition) is 6. The molecule has 0 radical (unpaired) electrons. The fourth-order valence-electron chi connectivity index (χ4n) is 4.10. The number of aromatic nitrogens is 3. The van der Waals surface area contributed by atoms with Crippen molar-refractivity contribution in [2.45, 2.75) is 19.4 Å². The van der Waals surface area contributed by atoms with Gasteiger partial charge in [0.25, 0.3) is 0 Å². The topological polar surface area (TPSA) is 83.2 Å². The lowest BCUT2D eigenvalue weighted by molar-refractivity contribution is 0.286. The maximum atomic E-state index is 6.25. The van der Waals surface area contributed by atoms with Crippen molar-refractivity contribution < 1.29 is 9.47 Å². The van der Waals surface area contributed by atoms with Crippen LogP contribution in [0.5, 0.6) is 11.6 Å². The first kappa shape index (κ1) is 23.3. The molecule has 6 nitrogen and oxygen atoms in total. The molecule has 2 N–H and O–H groups in total. The van der Waals surface area contributed by atoms with E-state index in [9.17, 15) is 0 Å². The van der Waals surface area contributed by atoms with Gasteiger partial charge in [-0.15, -0.1) is 0 Å². The van der Waals surface area contributed by atoms with Crippen molar-refractivity contribution >= 4 is 21.9 Å². The van der Waals surface area contributed by atoms with Gasteiger partial charge >= 0.3 is 0 Å². The van der Waals surface area contributed by atoms with Crippen LogP contribution in [0.15, 0.2) is 79.0 Å². The van der Waals surface area contributed by atoms with E-state index < -0.39 is 0 Å². The minimum Gasteiger partial charge on any atom is -0.496 e. The van der Waals surface area contributed by atoms with Gasteiger partial charge in [-0.1, -0.05) is 48.4 Å². The highest BCUT2D eigenvalue weighted by molar-refractivity contribution is 5.87. The second kappa shape index (κ2) is 10.9. The third-order valence-corrected chi connectivity index (χ3v) is 5.90. The molecule has 0 fully saturated rings. The van der Waals surface area contributed by atoms with Crippen LogP contribution in [-0.2, 0) is 13.0 Å². The van der Waals surface area contributed by atoms with E-state index in [1.807, 2.05) is 48.5 Å². The molecule has 36 heavy (non-hydrogen) atoms. The Balaban J connectivity index is 1.51. The lowest BCUT2D eigenvalue weighted by atomic mass is 10.0. The molecule has 0 amide bonds. The number of aryl methyl sites for hydroxylation is 1. The molecule has 0 saturated heterocycles. The van der Waals surface area contributed by atoms with Crippen LogP contribution in [-0.4, -0.2) is 28.6 Å². The van der Waals surface area contributed by atoms with Crippen molar-refractivity contribution in [2.75, 3.05) is 13.7 Å². The van der Waals surface area contributed by atoms with E-state index in [0.717, 1.165) is 40.5 Å². The van der Waals surface area contributed by atoms with E-state index in [1.165, 1.54) is 5.56 Å². The zero-order valence-corrected chi connectivity index (χ0v) is 20.1. The molecule has 0 aliphatic rings. The SMILES string of the molecule is COc1ccc2ccccc2c1COc1nc2cccnc2nc1C#Cc1cccc(CCCN)c1. The molecule has 0 unspecified atom stereocenters. The fraction of sp³-hybridized carbons (Fsp3) is 0.167. The Labute approximate surface area is 210 Å². The van der Waals surface area contributed by atoms with Crippen LogP contribution in [0, 0.1) is 11.8 Å². The van der Waals surface area contributed by atoms with Crippen molar-refractivity contribution in [3.63, 3.8) is 0 Å². The molecule has 5 rings (SSSR count). The lowest BCUT2D eigenvalue weighted by Gasteiger charge is -2.13. The van der Waals surface area contributed by atoms with Crippen molar-refractivity contribution in [1.29, 1.82) is 0 Å². The highest BCUT2D eigenvalue weighted by Gasteiger charge is 2.13. The van der Waals surface area contributed by atoms with Gasteiger partial charge in [0.15, 0.2) is 11.3 Å². The molecule has 0 saturated carbocycles. The maximum Gasteiger partial charge on any atom is 0.250 e. The number of benzene rings is 3. The summed E-state index contributed by atoms with van der Waals surface area (Å²) in [5.41, 5.74) is 10.3. The summed E-state index contributed by atoms with van der Waals surface area (Å²) in [6.07, 6.45) is 3.55. The van der Waals surface area contributed by atoms with Gasteiger partial charge < -0.3 is 15.2 Å². The molecular weight excluding hydrogens is 448 g/mol. The lowest BCUT2D eigenvalue weighted by Crippen LogP contribution is -2.04. The van der Waals surface area contributed by atoms with Crippen LogP contribution in [0.4, 0.5) is 0 Å². The maximum absolute atomic E-state index is 6.25. The number of methoxy groups -OCH3 is 1. The predicted octanol–water partition coefficient (Wildman–Crippen LogP) is 5.06. The first-order valence-electron chi connectivity index (χ1n) is 11.9. The summed E-state index contributed by atoms with van der Waals surface area (Å²) in [6, 6.07) is 24.0. The third kappa shape index (κ3) is 5.12. The first-order chi connectivity index (χ1) is 17.7. The van der Waals surface area contributed by atoms with E-state index in [0.29, 0.717) is 29.3 Å². The van der Waals surface area contributed by atoms with Crippen LogP contribution in [0.25, 0.3) is 21.9 Å². The Morgan fingerprint density at radius 3 is 2.72 bits per heavy atom. The molecular formula is C30H26N4O2. The summed E-state index contributed by atoms with van der Waals surface area (Å²) in [5.74, 6) is 7.49. The highest BCUT2D eigenvalue weighted by atomic mass is 16.5. The number of rotatable bonds is 7. The molecule has 0 atom stereocenters. The second-order valence-corrected chi connectivity index (χ2v) is 8.32. The van der Waals surface area contributed by atoms with Gasteiger partial charge in [0.1, 0.15) is 17.9 Å². The van der Waals surface area contributed by atoms with Crippen molar-refractivity contribution in [3.05, 3.63) is 101 Å². The number of pyridine rings is 1. The average Bonchev–Trinajstić information content (AvgIpc) is 2.93. The van der Waals surface area contributed by atoms with Crippen LogP contribution < -0.4 is 15.2 Å². The van der Waals surface area contributed by atoms with Gasteiger partial charge in [0.05, 0.1) is 7.11 Å². The van der Waals surface area contributed by atoms with Gasteiger partial charge in [-0.2, -0.15) is 0 Å². The number of hydrogen-bond donors (Lipinski definition) is 1. The number of nitrogens with two attached hydrogens (primary N) is 1. The molecule has 0 aliphatic heterocycles. The number of fused-ring (bicyclic) bond motifs is 2. The Morgan fingerprint density at radius 2 is 1.83 bits per heavy atom. The average molecular weight is 475 g/mol. The Morgan fingerprint density at radius 1 is 0.917 bits per heavy atom. The zero-order chi connectivity index (χ0) is 24.7. The van der Waals surface area contributed by atoms with Gasteiger partial charge in [-0.3, -0.25) is 0 Å². The fourth-order valence-corrected chi connectivity index (χ4v) is 4.10. The standard InChI is InChI=1S/C30H26N4O2/c1-35-28-16-14-23-10-2-3-11-24(23)25(28)20-36-30-27(33-29-26(34-30)12-6-18-32-29)15-13-22-8-4-7-21(19-22)9-5-17-31/h2-4,6-8,10-12,14,16,18-19H,5,9,17,20,31H2,1H3. The summed E-state index contributed by atoms with van der Waals surface area (Å²) >= 11 is 0. The summed E-state index contributed by atoms with van der Waals surface area (Å²) < 4.78 is 11.9. The first-order valence-corrected chi connectivity index (χ1v) is 11.9. The largest absolute Gasteiger partial charge is 0.496 e. The molecule has 2 aromatic heterocycles. The summed E-state index contributed by atoms with van der Waals surface area (Å²) in [7, 11) is 1.66. The number of nitrogens with zero attached hydrogens (tertiary/aromatic N) is 3. The van der Waals surface area contributed by atoms with E-state index in [4.69, 9.17) is 20.2 Å². The van der Waals surface area contributed by atoms with Crippen LogP contribution >= 0.6 is 0 Å². The molecule has 0 aliphatic carbocycles. The second-order valence-electron chi connectivity index (χ2n) is 8.32. The minimum absolute atomic E-state index is 0.258. The summed E-state index contributed by atoms with van der Waals surface area (Å²) in [4.78, 5) is 13.7.